The summed E-state index contributed by atoms with van der Waals surface area (Å²) in [6.07, 6.45) is -4.52. The molecule has 3 nitrogen and oxygen atoms in total. The average Bonchev–Trinajstić information content (AvgIpc) is 3.28. The molecular formula is C25H16F3NO2S. The van der Waals surface area contributed by atoms with Crippen LogP contribution >= 0.6 is 11.9 Å². The van der Waals surface area contributed by atoms with Crippen molar-refractivity contribution in [3.05, 3.63) is 106 Å². The van der Waals surface area contributed by atoms with Gasteiger partial charge in [-0.15, -0.1) is 0 Å². The molecule has 1 atom stereocenters. The molecule has 7 heteroatoms. The molecule has 3 aromatic rings. The van der Waals surface area contributed by atoms with Gasteiger partial charge in [0.25, 0.3) is 0 Å². The van der Waals surface area contributed by atoms with E-state index in [0.29, 0.717) is 22.4 Å². The number of ketones is 2. The first-order valence-electron chi connectivity index (χ1n) is 9.92. The third kappa shape index (κ3) is 2.95. The van der Waals surface area contributed by atoms with Crippen LogP contribution in [0.1, 0.15) is 48.9 Å². The van der Waals surface area contributed by atoms with E-state index in [0.717, 1.165) is 29.6 Å². The summed E-state index contributed by atoms with van der Waals surface area (Å²) in [5.74, 6) is -1.54. The van der Waals surface area contributed by atoms with Crippen molar-refractivity contribution in [1.82, 2.24) is 0 Å². The minimum atomic E-state index is -4.52. The van der Waals surface area contributed by atoms with Crippen molar-refractivity contribution in [1.29, 1.82) is 0 Å². The van der Waals surface area contributed by atoms with Gasteiger partial charge >= 0.3 is 6.18 Å². The predicted octanol–water partition coefficient (Wildman–Crippen LogP) is 6.07. The Morgan fingerprint density at radius 2 is 1.50 bits per heavy atom. The number of aryl methyl sites for hydroxylation is 1. The fraction of sp³-hybridized carbons (Fsp3) is 0.160. The highest BCUT2D eigenvalue weighted by Crippen LogP contribution is 2.55. The van der Waals surface area contributed by atoms with Crippen LogP contribution in [-0.4, -0.2) is 22.0 Å². The molecule has 0 radical (unpaired) electrons. The lowest BCUT2D eigenvalue weighted by Crippen LogP contribution is -2.44. The summed E-state index contributed by atoms with van der Waals surface area (Å²) in [5, 5.41) is 0. The van der Waals surface area contributed by atoms with Crippen molar-refractivity contribution in [3.8, 4) is 0 Å². The first-order chi connectivity index (χ1) is 15.2. The summed E-state index contributed by atoms with van der Waals surface area (Å²) in [7, 11) is 0. The van der Waals surface area contributed by atoms with E-state index in [1.54, 1.807) is 36.4 Å². The predicted molar refractivity (Wildman–Crippen MR) is 117 cm³/mol. The quantitative estimate of drug-likeness (QED) is 0.351. The number of carbonyl (C=O) groups is 2. The van der Waals surface area contributed by atoms with Crippen LogP contribution in [0.5, 0.6) is 0 Å². The molecule has 1 aliphatic carbocycles. The molecule has 0 saturated carbocycles. The van der Waals surface area contributed by atoms with Crippen LogP contribution in [0.2, 0.25) is 0 Å². The molecule has 0 aromatic heterocycles. The van der Waals surface area contributed by atoms with E-state index in [1.165, 1.54) is 12.1 Å². The van der Waals surface area contributed by atoms with Gasteiger partial charge in [0.1, 0.15) is 0 Å². The van der Waals surface area contributed by atoms with Crippen molar-refractivity contribution in [2.45, 2.75) is 23.8 Å². The van der Waals surface area contributed by atoms with E-state index in [-0.39, 0.29) is 17.1 Å². The van der Waals surface area contributed by atoms with E-state index < -0.39 is 22.4 Å². The third-order valence-electron chi connectivity index (χ3n) is 5.96. The third-order valence-corrected chi connectivity index (χ3v) is 7.14. The summed E-state index contributed by atoms with van der Waals surface area (Å²) < 4.78 is 43.0. The highest BCUT2D eigenvalue weighted by atomic mass is 32.2. The van der Waals surface area contributed by atoms with Gasteiger partial charge in [-0.2, -0.15) is 13.2 Å². The molecular weight excluding hydrogens is 435 g/mol. The zero-order chi connectivity index (χ0) is 22.7. The van der Waals surface area contributed by atoms with Gasteiger partial charge in [-0.1, -0.05) is 66.2 Å². The molecule has 0 amide bonds. The van der Waals surface area contributed by atoms with Crippen molar-refractivity contribution < 1.29 is 22.8 Å². The maximum Gasteiger partial charge on any atom is 0.416 e. The largest absolute Gasteiger partial charge is 0.416 e. The van der Waals surface area contributed by atoms with Crippen LogP contribution in [0.25, 0.3) is 0 Å². The maximum atomic E-state index is 13.6. The van der Waals surface area contributed by atoms with Crippen LogP contribution in [0.4, 0.5) is 13.2 Å². The Hall–Kier alpha value is -3.19. The maximum absolute atomic E-state index is 13.6. The number of alkyl halides is 3. The Labute approximate surface area is 186 Å². The number of benzene rings is 3. The molecule has 32 heavy (non-hydrogen) atoms. The minimum Gasteiger partial charge on any atom is -0.292 e. The van der Waals surface area contributed by atoms with Crippen molar-refractivity contribution in [2.75, 3.05) is 0 Å². The van der Waals surface area contributed by atoms with Gasteiger partial charge in [0.2, 0.25) is 0 Å². The average molecular weight is 451 g/mol. The molecule has 0 fully saturated rings. The topological polar surface area (TPSA) is 46.5 Å². The number of hydrogen-bond donors (Lipinski definition) is 0. The number of carbonyl (C=O) groups excluding carboxylic acids is 2. The second-order valence-electron chi connectivity index (χ2n) is 7.93. The second-order valence-corrected chi connectivity index (χ2v) is 8.94. The normalized spacial score (nSPS) is 19.4. The van der Waals surface area contributed by atoms with Crippen LogP contribution < -0.4 is 0 Å². The van der Waals surface area contributed by atoms with Gasteiger partial charge in [0.15, 0.2) is 16.3 Å². The number of Topliss-reactive ketones (excluding diaryl/α,β-unsaturated/α-hetero) is 2. The van der Waals surface area contributed by atoms with E-state index in [4.69, 9.17) is 0 Å². The van der Waals surface area contributed by atoms with Crippen molar-refractivity contribution >= 4 is 29.2 Å². The molecule has 1 spiro atoms. The summed E-state index contributed by atoms with van der Waals surface area (Å²) >= 11 is 0.856. The van der Waals surface area contributed by atoms with Crippen LogP contribution in [0.3, 0.4) is 0 Å². The molecule has 1 unspecified atom stereocenters. The SMILES string of the molecule is Cc1ccc(C2C(c3cccc(C(F)(F)F)c3)=NSC23C(=O)c2ccccc2C3=O)cc1. The lowest BCUT2D eigenvalue weighted by Gasteiger charge is -2.28. The first kappa shape index (κ1) is 20.7. The van der Waals surface area contributed by atoms with Gasteiger partial charge in [0.05, 0.1) is 17.2 Å². The van der Waals surface area contributed by atoms with E-state index in [9.17, 15) is 22.8 Å². The molecule has 0 N–H and O–H groups in total. The Morgan fingerprint density at radius 3 is 2.09 bits per heavy atom. The summed E-state index contributed by atoms with van der Waals surface area (Å²) in [5.41, 5.74) is 2.01. The fourth-order valence-corrected chi connectivity index (χ4v) is 5.56. The highest BCUT2D eigenvalue weighted by molar-refractivity contribution is 8.01. The zero-order valence-corrected chi connectivity index (χ0v) is 17.6. The van der Waals surface area contributed by atoms with Crippen molar-refractivity contribution in [3.63, 3.8) is 0 Å². The molecule has 1 heterocycles. The Morgan fingerprint density at radius 1 is 0.875 bits per heavy atom. The van der Waals surface area contributed by atoms with Gasteiger partial charge < -0.3 is 0 Å². The van der Waals surface area contributed by atoms with Gasteiger partial charge in [0, 0.05) is 11.1 Å². The molecule has 0 saturated heterocycles. The zero-order valence-electron chi connectivity index (χ0n) is 16.8. The standard InChI is InChI=1S/C25H16F3NO2S/c1-14-9-11-15(12-10-14)20-21(16-5-4-6-17(13-16)25(26,27)28)29-32-24(20)22(30)18-7-2-3-8-19(18)23(24)31/h2-13,20H,1H3. The number of fused-ring (bicyclic) bond motifs is 1. The minimum absolute atomic E-state index is 0.242. The van der Waals surface area contributed by atoms with E-state index in [1.807, 2.05) is 19.1 Å². The molecule has 2 aliphatic rings. The van der Waals surface area contributed by atoms with E-state index >= 15 is 0 Å². The van der Waals surface area contributed by atoms with Crippen LogP contribution in [0, 0.1) is 6.92 Å². The molecule has 3 aromatic carbocycles. The molecule has 0 bridgehead atoms. The lowest BCUT2D eigenvalue weighted by atomic mass is 9.76. The van der Waals surface area contributed by atoms with Crippen LogP contribution in [0.15, 0.2) is 77.2 Å². The molecule has 160 valence electrons. The fourth-order valence-electron chi connectivity index (χ4n) is 4.37. The van der Waals surface area contributed by atoms with E-state index in [2.05, 4.69) is 4.40 Å². The summed E-state index contributed by atoms with van der Waals surface area (Å²) in [6.45, 7) is 1.91. The van der Waals surface area contributed by atoms with Gasteiger partial charge in [-0.25, -0.2) is 4.40 Å². The highest BCUT2D eigenvalue weighted by Gasteiger charge is 2.63. The van der Waals surface area contributed by atoms with Gasteiger partial charge in [-0.05, 0) is 42.1 Å². The molecule has 1 aliphatic heterocycles. The smallest absolute Gasteiger partial charge is 0.292 e. The Bertz CT molecular complexity index is 1260. The van der Waals surface area contributed by atoms with Crippen molar-refractivity contribution in [2.24, 2.45) is 4.40 Å². The number of halogens is 3. The second kappa shape index (κ2) is 7.17. The van der Waals surface area contributed by atoms with Crippen LogP contribution in [-0.2, 0) is 6.18 Å². The lowest BCUT2D eigenvalue weighted by molar-refractivity contribution is -0.137. The first-order valence-corrected chi connectivity index (χ1v) is 10.7. The summed E-state index contributed by atoms with van der Waals surface area (Å²) in [4.78, 5) is 27.2. The Balaban J connectivity index is 1.70. The summed E-state index contributed by atoms with van der Waals surface area (Å²) in [6, 6.07) is 18.8. The van der Waals surface area contributed by atoms with Gasteiger partial charge in [-0.3, -0.25) is 9.59 Å². The number of rotatable bonds is 2. The molecule has 5 rings (SSSR count). The monoisotopic (exact) mass is 451 g/mol. The number of nitrogens with zero attached hydrogens (tertiary/aromatic N) is 1. The number of hydrogen-bond acceptors (Lipinski definition) is 4. The Kier molecular flexibility index (Phi) is 4.64.